The molecule has 0 spiro atoms. The third kappa shape index (κ3) is 6.80. The van der Waals surface area contributed by atoms with Gasteiger partial charge in [0.15, 0.2) is 0 Å². The van der Waals surface area contributed by atoms with Crippen molar-refractivity contribution >= 4 is 5.91 Å². The van der Waals surface area contributed by atoms with Gasteiger partial charge in [-0.3, -0.25) is 4.79 Å². The number of carbonyl (C=O) groups excluding carboxylic acids is 1. The van der Waals surface area contributed by atoms with E-state index in [2.05, 4.69) is 31.4 Å². The van der Waals surface area contributed by atoms with Crippen molar-refractivity contribution in [1.29, 1.82) is 0 Å². The van der Waals surface area contributed by atoms with Gasteiger partial charge in [0.1, 0.15) is 0 Å². The third-order valence-corrected chi connectivity index (χ3v) is 2.51. The second kappa shape index (κ2) is 5.64. The van der Waals surface area contributed by atoms with E-state index in [4.69, 9.17) is 0 Å². The van der Waals surface area contributed by atoms with Crippen LogP contribution in [0.15, 0.2) is 0 Å². The Hall–Kier alpha value is -0.610. The first-order valence-corrected chi connectivity index (χ1v) is 6.05. The van der Waals surface area contributed by atoms with Crippen molar-refractivity contribution in [3.05, 3.63) is 0 Å². The summed E-state index contributed by atoms with van der Waals surface area (Å²) in [7, 11) is 0. The van der Waals surface area contributed by atoms with Gasteiger partial charge < -0.3 is 15.7 Å². The largest absolute Gasteiger partial charge is 0.391 e. The van der Waals surface area contributed by atoms with E-state index in [-0.39, 0.29) is 11.3 Å². The normalized spacial score (nSPS) is 18.2. The molecule has 1 unspecified atom stereocenters. The van der Waals surface area contributed by atoms with E-state index >= 15 is 0 Å². The lowest BCUT2D eigenvalue weighted by Gasteiger charge is -2.22. The Morgan fingerprint density at radius 1 is 1.44 bits per heavy atom. The molecule has 0 saturated heterocycles. The first-order chi connectivity index (χ1) is 7.37. The number of aliphatic hydroxyl groups is 1. The van der Waals surface area contributed by atoms with Crippen LogP contribution in [0.3, 0.4) is 0 Å². The molecule has 0 aromatic heterocycles. The molecule has 3 N–H and O–H groups in total. The average molecular weight is 228 g/mol. The minimum absolute atomic E-state index is 0.0279. The first kappa shape index (κ1) is 13.5. The molecule has 1 atom stereocenters. The SMILES string of the molecule is CC(C)(C)CC(O)CNC(=O)CNC1CC1. The molecule has 1 aliphatic carbocycles. The molecule has 4 heteroatoms. The Kier molecular flexibility index (Phi) is 4.74. The van der Waals surface area contributed by atoms with Crippen molar-refractivity contribution in [2.45, 2.75) is 52.2 Å². The summed E-state index contributed by atoms with van der Waals surface area (Å²) >= 11 is 0. The molecular weight excluding hydrogens is 204 g/mol. The zero-order valence-corrected chi connectivity index (χ0v) is 10.5. The molecule has 4 nitrogen and oxygen atoms in total. The summed E-state index contributed by atoms with van der Waals surface area (Å²) in [5.74, 6) is -0.0279. The Morgan fingerprint density at radius 3 is 2.56 bits per heavy atom. The van der Waals surface area contributed by atoms with Crippen LogP contribution >= 0.6 is 0 Å². The van der Waals surface area contributed by atoms with Crippen molar-refractivity contribution in [3.8, 4) is 0 Å². The summed E-state index contributed by atoms with van der Waals surface area (Å²) < 4.78 is 0. The van der Waals surface area contributed by atoms with Crippen LogP contribution in [0.2, 0.25) is 0 Å². The maximum atomic E-state index is 11.4. The Bertz CT molecular complexity index is 232. The van der Waals surface area contributed by atoms with Crippen LogP contribution in [0.25, 0.3) is 0 Å². The Balaban J connectivity index is 2.05. The molecular formula is C12H24N2O2. The number of carbonyl (C=O) groups is 1. The minimum Gasteiger partial charge on any atom is -0.391 e. The monoisotopic (exact) mass is 228 g/mol. The van der Waals surface area contributed by atoms with Gasteiger partial charge >= 0.3 is 0 Å². The van der Waals surface area contributed by atoms with E-state index in [0.29, 0.717) is 25.6 Å². The van der Waals surface area contributed by atoms with Crippen LogP contribution in [-0.2, 0) is 4.79 Å². The fourth-order valence-corrected chi connectivity index (χ4v) is 1.60. The molecule has 1 rings (SSSR count). The zero-order valence-electron chi connectivity index (χ0n) is 10.5. The molecule has 16 heavy (non-hydrogen) atoms. The maximum Gasteiger partial charge on any atom is 0.234 e. The van der Waals surface area contributed by atoms with E-state index in [9.17, 15) is 9.90 Å². The fraction of sp³-hybridized carbons (Fsp3) is 0.917. The molecule has 1 amide bonds. The van der Waals surface area contributed by atoms with Gasteiger partial charge in [0.25, 0.3) is 0 Å². The summed E-state index contributed by atoms with van der Waals surface area (Å²) in [6.07, 6.45) is 2.60. The predicted octanol–water partition coefficient (Wildman–Crippen LogP) is 0.652. The quantitative estimate of drug-likeness (QED) is 0.625. The smallest absolute Gasteiger partial charge is 0.234 e. The number of hydrogen-bond acceptors (Lipinski definition) is 3. The lowest BCUT2D eigenvalue weighted by Crippen LogP contribution is -2.39. The molecule has 0 aromatic carbocycles. The highest BCUT2D eigenvalue weighted by Crippen LogP contribution is 2.20. The molecule has 1 fully saturated rings. The van der Waals surface area contributed by atoms with Gasteiger partial charge in [-0.1, -0.05) is 20.8 Å². The van der Waals surface area contributed by atoms with E-state index in [1.807, 2.05) is 0 Å². The number of aliphatic hydroxyl groups excluding tert-OH is 1. The second-order valence-corrected chi connectivity index (χ2v) is 5.88. The van der Waals surface area contributed by atoms with Crippen LogP contribution in [0.1, 0.15) is 40.0 Å². The summed E-state index contributed by atoms with van der Waals surface area (Å²) in [5.41, 5.74) is 0.0937. The summed E-state index contributed by atoms with van der Waals surface area (Å²) in [5, 5.41) is 15.6. The second-order valence-electron chi connectivity index (χ2n) is 5.88. The molecule has 1 saturated carbocycles. The Labute approximate surface area is 97.8 Å². The number of hydrogen-bond donors (Lipinski definition) is 3. The lowest BCUT2D eigenvalue weighted by molar-refractivity contribution is -0.120. The lowest BCUT2D eigenvalue weighted by atomic mass is 9.89. The van der Waals surface area contributed by atoms with Crippen LogP contribution in [0.4, 0.5) is 0 Å². The van der Waals surface area contributed by atoms with Gasteiger partial charge in [-0.15, -0.1) is 0 Å². The Morgan fingerprint density at radius 2 is 2.06 bits per heavy atom. The standard InChI is InChI=1S/C12H24N2O2/c1-12(2,3)6-10(15)7-14-11(16)8-13-9-4-5-9/h9-10,13,15H,4-8H2,1-3H3,(H,14,16). The van der Waals surface area contributed by atoms with Gasteiger partial charge in [0, 0.05) is 12.6 Å². The van der Waals surface area contributed by atoms with E-state index in [0.717, 1.165) is 0 Å². The van der Waals surface area contributed by atoms with Gasteiger partial charge in [0.2, 0.25) is 5.91 Å². The number of amides is 1. The van der Waals surface area contributed by atoms with Gasteiger partial charge in [-0.05, 0) is 24.7 Å². The van der Waals surface area contributed by atoms with Crippen molar-refractivity contribution in [3.63, 3.8) is 0 Å². The fourth-order valence-electron chi connectivity index (χ4n) is 1.60. The maximum absolute atomic E-state index is 11.4. The van der Waals surface area contributed by atoms with Crippen LogP contribution in [-0.4, -0.2) is 36.2 Å². The first-order valence-electron chi connectivity index (χ1n) is 6.05. The summed E-state index contributed by atoms with van der Waals surface area (Å²) in [4.78, 5) is 11.4. The molecule has 0 aromatic rings. The highest BCUT2D eigenvalue weighted by molar-refractivity contribution is 5.78. The molecule has 94 valence electrons. The molecule has 1 aliphatic rings. The van der Waals surface area contributed by atoms with Crippen molar-refractivity contribution in [1.82, 2.24) is 10.6 Å². The highest BCUT2D eigenvalue weighted by atomic mass is 16.3. The van der Waals surface area contributed by atoms with E-state index < -0.39 is 6.10 Å². The zero-order chi connectivity index (χ0) is 12.2. The molecule has 0 radical (unpaired) electrons. The number of rotatable bonds is 6. The number of nitrogens with one attached hydrogen (secondary N) is 2. The van der Waals surface area contributed by atoms with E-state index in [1.165, 1.54) is 12.8 Å². The van der Waals surface area contributed by atoms with Gasteiger partial charge in [-0.2, -0.15) is 0 Å². The minimum atomic E-state index is -0.454. The van der Waals surface area contributed by atoms with Crippen LogP contribution in [0.5, 0.6) is 0 Å². The molecule has 0 heterocycles. The molecule has 0 bridgehead atoms. The van der Waals surface area contributed by atoms with Gasteiger partial charge in [-0.25, -0.2) is 0 Å². The highest BCUT2D eigenvalue weighted by Gasteiger charge is 2.21. The summed E-state index contributed by atoms with van der Waals surface area (Å²) in [6, 6.07) is 0.547. The molecule has 0 aliphatic heterocycles. The average Bonchev–Trinajstić information content (AvgIpc) is 2.92. The van der Waals surface area contributed by atoms with Crippen molar-refractivity contribution < 1.29 is 9.90 Å². The van der Waals surface area contributed by atoms with Gasteiger partial charge in [0.05, 0.1) is 12.6 Å². The van der Waals surface area contributed by atoms with E-state index in [1.54, 1.807) is 0 Å². The predicted molar refractivity (Wildman–Crippen MR) is 64.1 cm³/mol. The van der Waals surface area contributed by atoms with Crippen molar-refractivity contribution in [2.24, 2.45) is 5.41 Å². The summed E-state index contributed by atoms with van der Waals surface area (Å²) in [6.45, 7) is 6.95. The third-order valence-electron chi connectivity index (χ3n) is 2.51. The van der Waals surface area contributed by atoms with Crippen molar-refractivity contribution in [2.75, 3.05) is 13.1 Å². The van der Waals surface area contributed by atoms with Crippen LogP contribution in [0, 0.1) is 5.41 Å². The topological polar surface area (TPSA) is 61.4 Å². The van der Waals surface area contributed by atoms with Crippen LogP contribution < -0.4 is 10.6 Å².